The molecule has 1 fully saturated rings. The summed E-state index contributed by atoms with van der Waals surface area (Å²) in [6.45, 7) is 12.8. The number of rotatable bonds is 62. The molecule has 20 amide bonds. The molecule has 3 heterocycles. The Morgan fingerprint density at radius 1 is 0.512 bits per heavy atom. The number of aromatic amines is 2. The molecule has 1 aliphatic heterocycles. The van der Waals surface area contributed by atoms with Gasteiger partial charge in [-0.1, -0.05) is 66.7 Å². The highest BCUT2D eigenvalue weighted by molar-refractivity contribution is 7.98. The second-order valence-corrected chi connectivity index (χ2v) is 33.9. The van der Waals surface area contributed by atoms with Crippen LogP contribution in [-0.4, -0.2) is 269 Å². The van der Waals surface area contributed by atoms with E-state index in [4.69, 9.17) is 34.4 Å². The molecule has 0 spiro atoms. The number of primary amides is 4. The topological polar surface area (TPSA) is 746 Å². The molecule has 1 aromatic carbocycles. The number of amides is 20. The van der Waals surface area contributed by atoms with Gasteiger partial charge >= 0.3 is 0 Å². The number of unbranched alkanes of at least 4 members (excludes halogenated alkanes) is 1. The van der Waals surface area contributed by atoms with Crippen molar-refractivity contribution in [2.24, 2.45) is 52.2 Å². The number of aromatic nitrogens is 3. The number of benzene rings is 1. The third-order valence-electron chi connectivity index (χ3n) is 20.7. The number of hydrogen-bond donors (Lipinski definition) is 25. The fourth-order valence-corrected chi connectivity index (χ4v) is 14.0. The Morgan fingerprint density at radius 2 is 1.03 bits per heavy atom. The summed E-state index contributed by atoms with van der Waals surface area (Å²) < 4.78 is 0. The maximum absolute atomic E-state index is 14.7. The molecule has 0 bridgehead atoms. The van der Waals surface area contributed by atoms with Gasteiger partial charge in [0.25, 0.3) is 0 Å². The van der Waals surface area contributed by atoms with Gasteiger partial charge in [0, 0.05) is 94.4 Å². The van der Waals surface area contributed by atoms with E-state index in [-0.39, 0.29) is 127 Å². The number of thioether (sulfide) groups is 1. The summed E-state index contributed by atoms with van der Waals surface area (Å²) in [5, 5.41) is 44.5. The van der Waals surface area contributed by atoms with E-state index >= 15 is 0 Å². The van der Waals surface area contributed by atoms with Crippen LogP contribution in [0.5, 0.6) is 0 Å². The van der Waals surface area contributed by atoms with Gasteiger partial charge in [0.2, 0.25) is 118 Å². The fourth-order valence-electron chi connectivity index (χ4n) is 13.5. The third-order valence-corrected chi connectivity index (χ3v) is 21.4. The molecule has 31 N–H and O–H groups in total. The van der Waals surface area contributed by atoms with Gasteiger partial charge in [0.05, 0.1) is 37.1 Å². The molecule has 129 heavy (non-hydrogen) atoms. The number of nitrogens with zero attached hydrogens (tertiary/aromatic N) is 1. The Hall–Kier alpha value is -12.4. The highest BCUT2D eigenvalue weighted by atomic mass is 32.2. The van der Waals surface area contributed by atoms with Gasteiger partial charge in [-0.15, -0.1) is 0 Å². The second kappa shape index (κ2) is 56.0. The number of H-pyrrole nitrogens is 2. The van der Waals surface area contributed by atoms with Crippen molar-refractivity contribution >= 4 is 141 Å². The molecule has 4 rings (SSSR count). The van der Waals surface area contributed by atoms with Crippen LogP contribution in [0.2, 0.25) is 0 Å². The van der Waals surface area contributed by atoms with Crippen molar-refractivity contribution in [3.8, 4) is 0 Å². The molecule has 716 valence electrons. The average Bonchev–Trinajstić information content (AvgIpc) is 1.70. The monoisotopic (exact) mass is 1830 g/mol. The van der Waals surface area contributed by atoms with Crippen LogP contribution in [-0.2, 0) is 109 Å². The second-order valence-electron chi connectivity index (χ2n) is 32.9. The predicted molar refractivity (Wildman–Crippen MR) is 473 cm³/mol. The molecule has 46 nitrogen and oxygen atoms in total. The number of imidazole rings is 1. The van der Waals surface area contributed by atoms with Crippen LogP contribution in [0.3, 0.4) is 0 Å². The van der Waals surface area contributed by atoms with Crippen LogP contribution in [0, 0.1) is 17.8 Å². The Labute approximate surface area is 751 Å². The zero-order valence-electron chi connectivity index (χ0n) is 74.6. The number of carbonyl (C=O) groups is 20. The third kappa shape index (κ3) is 39.8. The summed E-state index contributed by atoms with van der Waals surface area (Å²) in [4.78, 5) is 280. The molecule has 0 aliphatic carbocycles. The first-order valence-electron chi connectivity index (χ1n) is 43.0. The number of fused-ring (bicyclic) bond motifs is 1. The molecule has 0 radical (unpaired) electrons. The highest BCUT2D eigenvalue weighted by Gasteiger charge is 2.39. The fraction of sp³-hybridized carbons (Fsp3) is 0.622. The largest absolute Gasteiger partial charge is 0.370 e. The molecular weight excluding hydrogens is 1700 g/mol. The molecule has 0 saturated carbocycles. The summed E-state index contributed by atoms with van der Waals surface area (Å²) in [5.41, 5.74) is 34.5. The lowest BCUT2D eigenvalue weighted by Gasteiger charge is -2.32. The summed E-state index contributed by atoms with van der Waals surface area (Å²) in [6, 6.07) is -10.4. The molecule has 3 aromatic rings. The number of nitrogens with one attached hydrogen (secondary N) is 19. The zero-order chi connectivity index (χ0) is 96.2. The first-order chi connectivity index (χ1) is 61.0. The molecule has 47 heteroatoms. The van der Waals surface area contributed by atoms with Gasteiger partial charge < -0.3 is 135 Å². The Balaban J connectivity index is 1.52. The van der Waals surface area contributed by atoms with E-state index in [0.29, 0.717) is 41.0 Å². The quantitative estimate of drug-likeness (QED) is 0.0234. The number of hydrogen-bond acceptors (Lipinski definition) is 25. The molecule has 1 saturated heterocycles. The Kier molecular flexibility index (Phi) is 47.3. The zero-order valence-corrected chi connectivity index (χ0v) is 75.4. The van der Waals surface area contributed by atoms with Gasteiger partial charge in [-0.2, -0.15) is 11.8 Å². The molecule has 1 aliphatic rings. The van der Waals surface area contributed by atoms with Gasteiger partial charge in [0.1, 0.15) is 72.5 Å². The van der Waals surface area contributed by atoms with Crippen molar-refractivity contribution in [2.45, 2.75) is 249 Å². The van der Waals surface area contributed by atoms with Crippen LogP contribution in [0.15, 0.2) is 43.0 Å². The van der Waals surface area contributed by atoms with Gasteiger partial charge in [-0.3, -0.25) is 95.9 Å². The maximum Gasteiger partial charge on any atom is 0.243 e. The van der Waals surface area contributed by atoms with Crippen molar-refractivity contribution in [3.05, 3.63) is 54.2 Å². The minimum atomic E-state index is -1.92. The van der Waals surface area contributed by atoms with Crippen LogP contribution >= 0.6 is 11.8 Å². The Morgan fingerprint density at radius 3 is 1.57 bits per heavy atom. The number of carbonyl (C=O) groups excluding carboxylic acids is 20. The Bertz CT molecular complexity index is 4330. The van der Waals surface area contributed by atoms with E-state index in [0.717, 1.165) is 0 Å². The number of para-hydroxylation sites is 1. The van der Waals surface area contributed by atoms with Crippen molar-refractivity contribution in [1.82, 2.24) is 105 Å². The van der Waals surface area contributed by atoms with E-state index in [1.54, 1.807) is 58.2 Å². The van der Waals surface area contributed by atoms with Gasteiger partial charge in [-0.05, 0) is 119 Å². The van der Waals surface area contributed by atoms with Crippen molar-refractivity contribution < 1.29 is 95.9 Å². The van der Waals surface area contributed by atoms with E-state index in [9.17, 15) is 95.9 Å². The van der Waals surface area contributed by atoms with Crippen LogP contribution < -0.4 is 125 Å². The van der Waals surface area contributed by atoms with Crippen LogP contribution in [0.1, 0.15) is 169 Å². The first kappa shape index (κ1) is 109. The number of likely N-dealkylation sites (N-methyl/N-ethyl adjacent to an activating group) is 1. The number of nitrogens with two attached hydrogens (primary N) is 6. The molecular formula is C82H132N26O20S. The van der Waals surface area contributed by atoms with Crippen molar-refractivity contribution in [2.75, 3.05) is 57.8 Å². The lowest BCUT2D eigenvalue weighted by molar-refractivity contribution is -0.136. The van der Waals surface area contributed by atoms with Crippen LogP contribution in [0.25, 0.3) is 10.9 Å². The average molecular weight is 1830 g/mol. The summed E-state index contributed by atoms with van der Waals surface area (Å²) in [7, 11) is 0. The standard InChI is InChI=1S/C82H132N26O20S/c1-10-89-41-82(39-83,40-84)108-66(114)20-15-19-64(112)91-28-14-13-18-52(101-75(122)54(21-24-61(85)109)102-74(121)53-23-26-65(113)97-53)73(120)104-56(30-43(2)3)72(119)93-37-67(115)99-60(34-63(87)111)80(127)103-55(22-25-62(86)110)76(123)106-58(32-47-35-92-50-17-12-11-16-49(47)50)77(124)96-46(8)71(118)107-69(45(6)7)81(128)94-38-68(116)98-59(33-48-36-90-42-95-48)79(126)105-57(31-44(4)5)78(125)100-51(70(88)117)27-29-129-9/h11-12,16-17,35-36,42-46,51-60,69,89,92H,10,13-15,18-34,37-41,83-84H2,1-9H3,(H2,85,109)(H2,86,110)(H2,87,111)(H2,88,117)(H,90,95)(H,91,112)(H,93,119)(H,94,128)(H,96,124)(H,97,113)(H,98,116)(H,99,115)(H,100,125)(H,101,122)(H,102,121)(H,103,127)(H,104,120)(H,105,126)(H,106,123)(H,107,118)(H,108,114)/t46-,51?,52-,53?,54?,55-,56?,57-,58?,59?,60?,69?/m0/s1. The van der Waals surface area contributed by atoms with Gasteiger partial charge in [-0.25, -0.2) is 4.98 Å². The minimum absolute atomic E-state index is 0.00895. The van der Waals surface area contributed by atoms with E-state index in [1.807, 2.05) is 27.0 Å². The summed E-state index contributed by atoms with van der Waals surface area (Å²) in [5.74, 6) is -18.0. The molecule has 2 aromatic heterocycles. The minimum Gasteiger partial charge on any atom is -0.370 e. The summed E-state index contributed by atoms with van der Waals surface area (Å²) >= 11 is 1.43. The first-order valence-corrected chi connectivity index (χ1v) is 44.4. The van der Waals surface area contributed by atoms with Gasteiger partial charge in [0.15, 0.2) is 0 Å². The summed E-state index contributed by atoms with van der Waals surface area (Å²) in [6.07, 6.45) is 3.55. The predicted octanol–water partition coefficient (Wildman–Crippen LogP) is -7.23. The van der Waals surface area contributed by atoms with Crippen molar-refractivity contribution in [1.29, 1.82) is 0 Å². The lowest BCUT2D eigenvalue weighted by Crippen LogP contribution is -2.63. The lowest BCUT2D eigenvalue weighted by atomic mass is 9.99. The maximum atomic E-state index is 14.7. The van der Waals surface area contributed by atoms with E-state index < -0.39 is 235 Å². The van der Waals surface area contributed by atoms with E-state index in [1.165, 1.54) is 31.2 Å². The van der Waals surface area contributed by atoms with Crippen LogP contribution in [0.4, 0.5) is 0 Å². The molecule has 8 unspecified atom stereocenters. The highest BCUT2D eigenvalue weighted by Crippen LogP contribution is 2.21. The SMILES string of the molecule is CCNCC(CN)(CN)NC(=O)CCCC(=O)NCCCC[C@H](NC(=O)C(CCC(N)=O)NC(=O)C1CCC(=O)N1)C(=O)NC(CC(C)C)C(=O)NCC(=O)NC(CC(N)=O)C(=O)N[C@@H](CCC(N)=O)C(=O)NC(Cc1c[nH]c2ccccc12)C(=O)N[C@@H](C)C(=O)NC(C(=O)NCC(=O)NC(Cc1c[nH]cn1)C(=O)N[C@@H](CC(C)C)C(=O)NC(CCSC)C(N)=O)C(C)C. The van der Waals surface area contributed by atoms with Crippen molar-refractivity contribution in [3.63, 3.8) is 0 Å². The molecule has 12 atom stereocenters. The smallest absolute Gasteiger partial charge is 0.243 e. The normalized spacial score (nSPS) is 15.0. The van der Waals surface area contributed by atoms with E-state index in [2.05, 4.69) is 105 Å².